The van der Waals surface area contributed by atoms with E-state index < -0.39 is 0 Å². The van der Waals surface area contributed by atoms with Gasteiger partial charge in [0.15, 0.2) is 0 Å². The smallest absolute Gasteiger partial charge is 0.0197 e. The molecule has 0 spiro atoms. The van der Waals surface area contributed by atoms with Gasteiger partial charge in [0.1, 0.15) is 0 Å². The summed E-state index contributed by atoms with van der Waals surface area (Å²) in [5.41, 5.74) is 1.56. The van der Waals surface area contributed by atoms with Crippen LogP contribution < -0.4 is 0 Å². The average Bonchev–Trinajstić information content (AvgIpc) is 2.17. The number of hydrogen-bond acceptors (Lipinski definition) is 0. The Hall–Kier alpha value is -0.780. The van der Waals surface area contributed by atoms with Crippen LogP contribution in [0.3, 0.4) is 0 Å². The highest BCUT2D eigenvalue weighted by molar-refractivity contribution is 5.09. The minimum absolute atomic E-state index is 0.583. The van der Waals surface area contributed by atoms with Crippen molar-refractivity contribution in [3.8, 4) is 0 Å². The van der Waals surface area contributed by atoms with E-state index in [1.807, 2.05) is 12.2 Å². The summed E-state index contributed by atoms with van der Waals surface area (Å²) < 4.78 is 0. The Bertz CT molecular complexity index is 198. The van der Waals surface area contributed by atoms with Crippen molar-refractivity contribution >= 4 is 0 Å². The third-order valence-corrected chi connectivity index (χ3v) is 2.58. The zero-order valence-electron chi connectivity index (χ0n) is 9.92. The molecule has 0 saturated carbocycles. The van der Waals surface area contributed by atoms with E-state index in [1.54, 1.807) is 5.57 Å². The van der Waals surface area contributed by atoms with E-state index in [-0.39, 0.29) is 0 Å². The molecule has 0 heteroatoms. The minimum atomic E-state index is 0.583. The van der Waals surface area contributed by atoms with Crippen molar-refractivity contribution in [1.82, 2.24) is 0 Å². The number of rotatable bonds is 7. The highest BCUT2D eigenvalue weighted by Gasteiger charge is 2.08. The van der Waals surface area contributed by atoms with Crippen LogP contribution in [-0.2, 0) is 0 Å². The van der Waals surface area contributed by atoms with Gasteiger partial charge in [-0.2, -0.15) is 0 Å². The Balaban J connectivity index is 4.35. The van der Waals surface area contributed by atoms with Crippen molar-refractivity contribution in [2.45, 2.75) is 40.0 Å². The third kappa shape index (κ3) is 5.06. The summed E-state index contributed by atoms with van der Waals surface area (Å²) in [5.74, 6) is 1.22. The first-order valence-electron chi connectivity index (χ1n) is 5.58. The molecule has 0 nitrogen and oxygen atoms in total. The second-order valence-corrected chi connectivity index (χ2v) is 4.03. The number of hydrogen-bond donors (Lipinski definition) is 0. The molecule has 0 aliphatic heterocycles. The first-order chi connectivity index (χ1) is 6.65. The Labute approximate surface area is 89.4 Å². The predicted octanol–water partition coefficient (Wildman–Crippen LogP) is 4.75. The van der Waals surface area contributed by atoms with E-state index >= 15 is 0 Å². The zero-order valence-corrected chi connectivity index (χ0v) is 9.92. The van der Waals surface area contributed by atoms with Gasteiger partial charge in [0.25, 0.3) is 0 Å². The lowest BCUT2D eigenvalue weighted by Crippen LogP contribution is -2.02. The zero-order chi connectivity index (χ0) is 11.0. The van der Waals surface area contributed by atoms with Crippen LogP contribution in [0.5, 0.6) is 0 Å². The van der Waals surface area contributed by atoms with Gasteiger partial charge in [0.2, 0.25) is 0 Å². The lowest BCUT2D eigenvalue weighted by atomic mass is 9.89. The highest BCUT2D eigenvalue weighted by atomic mass is 14.1. The molecule has 0 aliphatic carbocycles. The summed E-state index contributed by atoms with van der Waals surface area (Å²) in [6.45, 7) is 14.3. The largest absolute Gasteiger partial charge is 0.103 e. The fourth-order valence-corrected chi connectivity index (χ4v) is 1.60. The molecule has 0 rings (SSSR count). The fraction of sp³-hybridized carbons (Fsp3) is 0.571. The first-order valence-corrected chi connectivity index (χ1v) is 5.58. The molecule has 0 radical (unpaired) electrons. The maximum Gasteiger partial charge on any atom is -0.0197 e. The van der Waals surface area contributed by atoms with Crippen molar-refractivity contribution in [2.75, 3.05) is 0 Å². The molecule has 0 amide bonds. The van der Waals surface area contributed by atoms with Gasteiger partial charge in [-0.15, -0.1) is 13.2 Å². The summed E-state index contributed by atoms with van der Waals surface area (Å²) >= 11 is 0. The number of allylic oxidation sites excluding steroid dienone is 4. The van der Waals surface area contributed by atoms with Crippen LogP contribution in [0.2, 0.25) is 0 Å². The molecule has 2 unspecified atom stereocenters. The Morgan fingerprint density at radius 3 is 2.36 bits per heavy atom. The topological polar surface area (TPSA) is 0 Å². The van der Waals surface area contributed by atoms with Crippen LogP contribution in [0.25, 0.3) is 0 Å². The Kier molecular flexibility index (Phi) is 7.18. The quantitative estimate of drug-likeness (QED) is 0.511. The van der Waals surface area contributed by atoms with Gasteiger partial charge in [0, 0.05) is 0 Å². The van der Waals surface area contributed by atoms with Crippen molar-refractivity contribution in [2.24, 2.45) is 11.8 Å². The van der Waals surface area contributed by atoms with Gasteiger partial charge in [-0.3, -0.25) is 0 Å². The summed E-state index contributed by atoms with van der Waals surface area (Å²) in [6, 6.07) is 0. The summed E-state index contributed by atoms with van der Waals surface area (Å²) in [4.78, 5) is 0. The van der Waals surface area contributed by atoms with Crippen LogP contribution in [0.1, 0.15) is 40.0 Å². The molecule has 0 aromatic rings. The van der Waals surface area contributed by atoms with Crippen LogP contribution in [0.4, 0.5) is 0 Å². The lowest BCUT2D eigenvalue weighted by molar-refractivity contribution is 0.598. The summed E-state index contributed by atoms with van der Waals surface area (Å²) in [7, 11) is 0. The summed E-state index contributed by atoms with van der Waals surface area (Å²) in [6.07, 6.45) is 9.74. The molecular weight excluding hydrogens is 168 g/mol. The molecule has 0 heterocycles. The van der Waals surface area contributed by atoms with Crippen LogP contribution in [-0.4, -0.2) is 0 Å². The van der Waals surface area contributed by atoms with Gasteiger partial charge in [-0.25, -0.2) is 0 Å². The van der Waals surface area contributed by atoms with Crippen LogP contribution in [0.15, 0.2) is 37.0 Å². The van der Waals surface area contributed by atoms with E-state index in [1.165, 1.54) is 0 Å². The second kappa shape index (κ2) is 7.61. The van der Waals surface area contributed by atoms with E-state index in [0.717, 1.165) is 19.3 Å². The van der Waals surface area contributed by atoms with E-state index in [0.29, 0.717) is 11.8 Å². The van der Waals surface area contributed by atoms with Gasteiger partial charge in [-0.05, 0) is 31.1 Å². The van der Waals surface area contributed by atoms with E-state index in [4.69, 9.17) is 0 Å². The summed E-state index contributed by atoms with van der Waals surface area (Å²) in [5, 5.41) is 0. The molecule has 0 fully saturated rings. The SMILES string of the molecule is C=CCC(C)C(=CCC)CC(C)C=C. The van der Waals surface area contributed by atoms with E-state index in [9.17, 15) is 0 Å². The standard InChI is InChI=1S/C14H24/c1-6-9-13(5)14(10-7-2)11-12(4)8-3/h6,8,10,12-13H,1,3,7,9,11H2,2,4-5H3. The van der Waals surface area contributed by atoms with Crippen molar-refractivity contribution in [3.63, 3.8) is 0 Å². The van der Waals surface area contributed by atoms with Crippen molar-refractivity contribution in [1.29, 1.82) is 0 Å². The minimum Gasteiger partial charge on any atom is -0.103 e. The molecule has 0 aromatic carbocycles. The predicted molar refractivity (Wildman–Crippen MR) is 66.3 cm³/mol. The maximum absolute atomic E-state index is 3.83. The Morgan fingerprint density at radius 2 is 1.93 bits per heavy atom. The van der Waals surface area contributed by atoms with Crippen molar-refractivity contribution in [3.05, 3.63) is 37.0 Å². The molecule has 2 atom stereocenters. The lowest BCUT2D eigenvalue weighted by Gasteiger charge is -2.17. The third-order valence-electron chi connectivity index (χ3n) is 2.58. The average molecular weight is 192 g/mol. The molecule has 0 bridgehead atoms. The molecular formula is C14H24. The monoisotopic (exact) mass is 192 g/mol. The maximum atomic E-state index is 3.83. The van der Waals surface area contributed by atoms with Gasteiger partial charge < -0.3 is 0 Å². The molecule has 80 valence electrons. The molecule has 0 N–H and O–H groups in total. The van der Waals surface area contributed by atoms with Crippen molar-refractivity contribution < 1.29 is 0 Å². The van der Waals surface area contributed by atoms with Gasteiger partial charge in [-0.1, -0.05) is 44.6 Å². The molecule has 0 saturated heterocycles. The highest BCUT2D eigenvalue weighted by Crippen LogP contribution is 2.23. The van der Waals surface area contributed by atoms with Crippen LogP contribution >= 0.6 is 0 Å². The molecule has 0 aliphatic rings. The second-order valence-electron chi connectivity index (χ2n) is 4.03. The van der Waals surface area contributed by atoms with Crippen LogP contribution in [0, 0.1) is 11.8 Å². The Morgan fingerprint density at radius 1 is 1.29 bits per heavy atom. The van der Waals surface area contributed by atoms with E-state index in [2.05, 4.69) is 40.0 Å². The molecule has 0 aromatic heterocycles. The normalized spacial score (nSPS) is 16.1. The first kappa shape index (κ1) is 13.2. The fourth-order valence-electron chi connectivity index (χ4n) is 1.60. The van der Waals surface area contributed by atoms with Gasteiger partial charge in [0.05, 0.1) is 0 Å². The van der Waals surface area contributed by atoms with Gasteiger partial charge >= 0.3 is 0 Å². The molecule has 14 heavy (non-hydrogen) atoms.